The molecule has 0 saturated heterocycles. The van der Waals surface area contributed by atoms with Gasteiger partial charge >= 0.3 is 0 Å². The lowest BCUT2D eigenvalue weighted by molar-refractivity contribution is -0.116. The van der Waals surface area contributed by atoms with E-state index in [9.17, 15) is 4.79 Å². The first-order valence-electron chi connectivity index (χ1n) is 3.72. The highest BCUT2D eigenvalue weighted by Gasteiger charge is 2.01. The molecule has 0 aromatic carbocycles. The number of carbonyl (C=O) groups is 1. The van der Waals surface area contributed by atoms with E-state index in [1.165, 1.54) is 6.20 Å². The molecule has 1 rings (SSSR count). The van der Waals surface area contributed by atoms with Crippen molar-refractivity contribution < 1.29 is 9.90 Å². The predicted molar refractivity (Wildman–Crippen MR) is 43.5 cm³/mol. The van der Waals surface area contributed by atoms with Gasteiger partial charge in [-0.1, -0.05) is 0 Å². The zero-order valence-corrected chi connectivity index (χ0v) is 6.58. The van der Waals surface area contributed by atoms with Crippen LogP contribution in [0.25, 0.3) is 0 Å². The molecule has 0 bridgehead atoms. The van der Waals surface area contributed by atoms with E-state index < -0.39 is 0 Å². The van der Waals surface area contributed by atoms with Crippen molar-refractivity contribution in [3.63, 3.8) is 0 Å². The number of aromatic amines is 1. The molecule has 0 unspecified atom stereocenters. The number of aliphatic hydroxyl groups excluding tert-OH is 1. The SMILES string of the molecule is O=C(CCCO)Nc1cn[nH]c1. The van der Waals surface area contributed by atoms with Gasteiger partial charge < -0.3 is 10.4 Å². The lowest BCUT2D eigenvalue weighted by Crippen LogP contribution is -2.10. The van der Waals surface area contributed by atoms with Crippen molar-refractivity contribution in [2.45, 2.75) is 12.8 Å². The van der Waals surface area contributed by atoms with E-state index >= 15 is 0 Å². The molecule has 12 heavy (non-hydrogen) atoms. The average Bonchev–Trinajstić information content (AvgIpc) is 2.53. The van der Waals surface area contributed by atoms with Crippen LogP contribution in [0.15, 0.2) is 12.4 Å². The Labute approximate surface area is 69.8 Å². The first kappa shape index (κ1) is 8.73. The van der Waals surface area contributed by atoms with Crippen molar-refractivity contribution in [2.24, 2.45) is 0 Å². The van der Waals surface area contributed by atoms with Gasteiger partial charge in [-0.3, -0.25) is 9.89 Å². The van der Waals surface area contributed by atoms with Crippen molar-refractivity contribution in [1.29, 1.82) is 0 Å². The fraction of sp³-hybridized carbons (Fsp3) is 0.429. The molecule has 0 fully saturated rings. The van der Waals surface area contributed by atoms with Gasteiger partial charge in [0.2, 0.25) is 5.91 Å². The molecule has 5 heteroatoms. The highest BCUT2D eigenvalue weighted by atomic mass is 16.3. The zero-order valence-electron chi connectivity index (χ0n) is 6.58. The Morgan fingerprint density at radius 2 is 2.58 bits per heavy atom. The maximum Gasteiger partial charge on any atom is 0.224 e. The second kappa shape index (κ2) is 4.50. The molecule has 0 aliphatic rings. The number of nitrogens with zero attached hydrogens (tertiary/aromatic N) is 1. The van der Waals surface area contributed by atoms with Crippen LogP contribution in [0.4, 0.5) is 5.69 Å². The van der Waals surface area contributed by atoms with Gasteiger partial charge in [-0.05, 0) is 6.42 Å². The molecular formula is C7H11N3O2. The van der Waals surface area contributed by atoms with Crippen molar-refractivity contribution in [3.05, 3.63) is 12.4 Å². The van der Waals surface area contributed by atoms with E-state index in [0.29, 0.717) is 18.5 Å². The summed E-state index contributed by atoms with van der Waals surface area (Å²) in [5, 5.41) is 17.3. The lowest BCUT2D eigenvalue weighted by atomic mass is 10.3. The molecule has 1 amide bonds. The normalized spacial score (nSPS) is 9.75. The molecule has 0 spiro atoms. The number of amides is 1. The first-order valence-corrected chi connectivity index (χ1v) is 3.72. The number of nitrogens with one attached hydrogen (secondary N) is 2. The van der Waals surface area contributed by atoms with Crippen LogP contribution in [0.3, 0.4) is 0 Å². The highest BCUT2D eigenvalue weighted by molar-refractivity contribution is 5.90. The average molecular weight is 169 g/mol. The van der Waals surface area contributed by atoms with Gasteiger partial charge in [0.25, 0.3) is 0 Å². The summed E-state index contributed by atoms with van der Waals surface area (Å²) in [5.41, 5.74) is 0.651. The van der Waals surface area contributed by atoms with Crippen LogP contribution < -0.4 is 5.32 Å². The summed E-state index contributed by atoms with van der Waals surface area (Å²) in [6.07, 6.45) is 3.94. The molecule has 3 N–H and O–H groups in total. The van der Waals surface area contributed by atoms with Crippen LogP contribution in [-0.2, 0) is 4.79 Å². The lowest BCUT2D eigenvalue weighted by Gasteiger charge is -1.99. The van der Waals surface area contributed by atoms with Crippen LogP contribution in [0, 0.1) is 0 Å². The van der Waals surface area contributed by atoms with Crippen LogP contribution in [0.1, 0.15) is 12.8 Å². The monoisotopic (exact) mass is 169 g/mol. The highest BCUT2D eigenvalue weighted by Crippen LogP contribution is 2.02. The number of hydrogen-bond acceptors (Lipinski definition) is 3. The van der Waals surface area contributed by atoms with Gasteiger partial charge in [0, 0.05) is 19.2 Å². The van der Waals surface area contributed by atoms with Gasteiger partial charge in [0.15, 0.2) is 0 Å². The summed E-state index contributed by atoms with van der Waals surface area (Å²) in [6, 6.07) is 0. The second-order valence-corrected chi connectivity index (χ2v) is 2.36. The standard InChI is InChI=1S/C7H11N3O2/c11-3-1-2-7(12)10-6-4-8-9-5-6/h4-5,11H,1-3H2,(H,8,9)(H,10,12). The number of aromatic nitrogens is 2. The largest absolute Gasteiger partial charge is 0.396 e. The van der Waals surface area contributed by atoms with Gasteiger partial charge in [-0.25, -0.2) is 0 Å². The Bertz CT molecular complexity index is 233. The molecule has 66 valence electrons. The number of H-pyrrole nitrogens is 1. The number of carbonyl (C=O) groups excluding carboxylic acids is 1. The van der Waals surface area contributed by atoms with E-state index in [-0.39, 0.29) is 12.5 Å². The van der Waals surface area contributed by atoms with Gasteiger partial charge in [0.1, 0.15) is 0 Å². The van der Waals surface area contributed by atoms with E-state index in [1.807, 2.05) is 0 Å². The number of anilines is 1. The van der Waals surface area contributed by atoms with E-state index in [2.05, 4.69) is 15.5 Å². The van der Waals surface area contributed by atoms with Crippen LogP contribution in [0.2, 0.25) is 0 Å². The van der Waals surface area contributed by atoms with Crippen molar-refractivity contribution >= 4 is 11.6 Å². The van der Waals surface area contributed by atoms with E-state index in [1.54, 1.807) is 6.20 Å². The van der Waals surface area contributed by atoms with Crippen molar-refractivity contribution in [2.75, 3.05) is 11.9 Å². The molecule has 1 heterocycles. The third kappa shape index (κ3) is 2.71. The summed E-state index contributed by atoms with van der Waals surface area (Å²) >= 11 is 0. The molecule has 0 saturated carbocycles. The van der Waals surface area contributed by atoms with Crippen molar-refractivity contribution in [1.82, 2.24) is 10.2 Å². The summed E-state index contributed by atoms with van der Waals surface area (Å²) in [4.78, 5) is 11.0. The summed E-state index contributed by atoms with van der Waals surface area (Å²) in [5.74, 6) is -0.106. The van der Waals surface area contributed by atoms with E-state index in [4.69, 9.17) is 5.11 Å². The van der Waals surface area contributed by atoms with E-state index in [0.717, 1.165) is 0 Å². The Morgan fingerprint density at radius 1 is 1.75 bits per heavy atom. The molecule has 0 aliphatic heterocycles. The molecule has 0 aliphatic carbocycles. The maximum absolute atomic E-state index is 11.0. The Kier molecular flexibility index (Phi) is 3.28. The minimum atomic E-state index is -0.106. The first-order chi connectivity index (χ1) is 5.83. The maximum atomic E-state index is 11.0. The molecule has 1 aromatic rings. The molecule has 0 radical (unpaired) electrons. The van der Waals surface area contributed by atoms with Gasteiger partial charge in [-0.2, -0.15) is 5.10 Å². The smallest absolute Gasteiger partial charge is 0.224 e. The molecule has 5 nitrogen and oxygen atoms in total. The van der Waals surface area contributed by atoms with Crippen molar-refractivity contribution in [3.8, 4) is 0 Å². The number of hydrogen-bond donors (Lipinski definition) is 3. The van der Waals surface area contributed by atoms with Crippen LogP contribution in [-0.4, -0.2) is 27.8 Å². The second-order valence-electron chi connectivity index (χ2n) is 2.36. The third-order valence-corrected chi connectivity index (χ3v) is 1.34. The third-order valence-electron chi connectivity index (χ3n) is 1.34. The van der Waals surface area contributed by atoms with Crippen LogP contribution in [0.5, 0.6) is 0 Å². The Balaban J connectivity index is 2.27. The summed E-state index contributed by atoms with van der Waals surface area (Å²) in [6.45, 7) is 0.0405. The molecule has 0 atom stereocenters. The minimum Gasteiger partial charge on any atom is -0.396 e. The molecular weight excluding hydrogens is 158 g/mol. The molecule has 1 aromatic heterocycles. The van der Waals surface area contributed by atoms with Gasteiger partial charge in [0.05, 0.1) is 11.9 Å². The fourth-order valence-corrected chi connectivity index (χ4v) is 0.782. The fourth-order valence-electron chi connectivity index (χ4n) is 0.782. The Hall–Kier alpha value is -1.36. The minimum absolute atomic E-state index is 0.0405. The zero-order chi connectivity index (χ0) is 8.81. The van der Waals surface area contributed by atoms with Crippen LogP contribution >= 0.6 is 0 Å². The summed E-state index contributed by atoms with van der Waals surface area (Å²) < 4.78 is 0. The quantitative estimate of drug-likeness (QED) is 0.599. The number of aliphatic hydroxyl groups is 1. The summed E-state index contributed by atoms with van der Waals surface area (Å²) in [7, 11) is 0. The number of rotatable bonds is 4. The topological polar surface area (TPSA) is 78.0 Å². The predicted octanol–water partition coefficient (Wildman–Crippen LogP) is 0.121. The van der Waals surface area contributed by atoms with Gasteiger partial charge in [-0.15, -0.1) is 0 Å². The Morgan fingerprint density at radius 3 is 3.17 bits per heavy atom.